The molecule has 1 N–H and O–H groups in total. The highest BCUT2D eigenvalue weighted by atomic mass is 14.8. The Labute approximate surface area is 110 Å². The Balaban J connectivity index is 2.35. The molecule has 0 radical (unpaired) electrons. The van der Waals surface area contributed by atoms with Gasteiger partial charge in [0.05, 0.1) is 0 Å². The quantitative estimate of drug-likeness (QED) is 0.844. The van der Waals surface area contributed by atoms with Gasteiger partial charge in [-0.3, -0.25) is 0 Å². The lowest BCUT2D eigenvalue weighted by molar-refractivity contribution is 1.12. The van der Waals surface area contributed by atoms with Gasteiger partial charge in [0, 0.05) is 12.7 Å². The summed E-state index contributed by atoms with van der Waals surface area (Å²) in [6.45, 7) is 6.53. The topological polar surface area (TPSA) is 12.0 Å². The molecule has 0 saturated carbocycles. The number of benzene rings is 2. The summed E-state index contributed by atoms with van der Waals surface area (Å²) >= 11 is 0. The fourth-order valence-electron chi connectivity index (χ4n) is 2.44. The maximum Gasteiger partial charge on any atom is 0.0343 e. The summed E-state index contributed by atoms with van der Waals surface area (Å²) in [5.41, 5.74) is 8.08. The maximum atomic E-state index is 3.21. The van der Waals surface area contributed by atoms with Crippen LogP contribution < -0.4 is 5.32 Å². The summed E-state index contributed by atoms with van der Waals surface area (Å²) < 4.78 is 0. The standard InChI is InChI=1S/C17H21N/c1-12-6-5-7-15(8-12)11-17-13(2)9-16(18-4)10-14(17)3/h5-10,18H,11H2,1-4H3. The van der Waals surface area contributed by atoms with Crippen molar-refractivity contribution in [2.45, 2.75) is 27.2 Å². The van der Waals surface area contributed by atoms with Crippen molar-refractivity contribution in [1.82, 2.24) is 0 Å². The number of anilines is 1. The third-order valence-electron chi connectivity index (χ3n) is 3.45. The zero-order valence-corrected chi connectivity index (χ0v) is 11.7. The smallest absolute Gasteiger partial charge is 0.0343 e. The first-order valence-electron chi connectivity index (χ1n) is 6.43. The third kappa shape index (κ3) is 2.73. The van der Waals surface area contributed by atoms with Gasteiger partial charge < -0.3 is 5.32 Å². The number of aryl methyl sites for hydroxylation is 3. The molecule has 18 heavy (non-hydrogen) atoms. The second-order valence-electron chi connectivity index (χ2n) is 5.00. The Morgan fingerprint density at radius 1 is 0.944 bits per heavy atom. The first kappa shape index (κ1) is 12.7. The second kappa shape index (κ2) is 5.26. The van der Waals surface area contributed by atoms with Gasteiger partial charge in [0.15, 0.2) is 0 Å². The molecule has 0 amide bonds. The molecule has 1 heteroatoms. The zero-order valence-electron chi connectivity index (χ0n) is 11.7. The fraction of sp³-hybridized carbons (Fsp3) is 0.294. The van der Waals surface area contributed by atoms with Crippen LogP contribution in [0.2, 0.25) is 0 Å². The van der Waals surface area contributed by atoms with Crippen molar-refractivity contribution in [1.29, 1.82) is 0 Å². The number of rotatable bonds is 3. The first-order chi connectivity index (χ1) is 8.60. The molecule has 0 saturated heterocycles. The highest BCUT2D eigenvalue weighted by molar-refractivity contribution is 5.52. The van der Waals surface area contributed by atoms with E-state index in [1.165, 1.54) is 33.5 Å². The van der Waals surface area contributed by atoms with Crippen molar-refractivity contribution in [3.8, 4) is 0 Å². The van der Waals surface area contributed by atoms with Gasteiger partial charge in [0.25, 0.3) is 0 Å². The molecule has 0 spiro atoms. The normalized spacial score (nSPS) is 10.4. The van der Waals surface area contributed by atoms with Gasteiger partial charge in [-0.05, 0) is 61.6 Å². The van der Waals surface area contributed by atoms with Crippen LogP contribution in [-0.2, 0) is 6.42 Å². The minimum Gasteiger partial charge on any atom is -0.388 e. The van der Waals surface area contributed by atoms with Crippen molar-refractivity contribution in [2.75, 3.05) is 12.4 Å². The lowest BCUT2D eigenvalue weighted by atomic mass is 9.95. The van der Waals surface area contributed by atoms with Crippen LogP contribution in [0.4, 0.5) is 5.69 Å². The minimum absolute atomic E-state index is 1.02. The predicted molar refractivity (Wildman–Crippen MR) is 79.4 cm³/mol. The maximum absolute atomic E-state index is 3.21. The van der Waals surface area contributed by atoms with E-state index in [2.05, 4.69) is 62.5 Å². The summed E-state index contributed by atoms with van der Waals surface area (Å²) in [7, 11) is 1.97. The molecule has 0 aliphatic rings. The van der Waals surface area contributed by atoms with E-state index in [0.29, 0.717) is 0 Å². The van der Waals surface area contributed by atoms with E-state index in [1.54, 1.807) is 0 Å². The summed E-state index contributed by atoms with van der Waals surface area (Å²) in [5.74, 6) is 0. The lowest BCUT2D eigenvalue weighted by Gasteiger charge is -2.13. The molecule has 0 bridgehead atoms. The van der Waals surface area contributed by atoms with Gasteiger partial charge in [-0.15, -0.1) is 0 Å². The molecule has 0 aliphatic carbocycles. The van der Waals surface area contributed by atoms with Gasteiger partial charge in [-0.25, -0.2) is 0 Å². The average Bonchev–Trinajstić information content (AvgIpc) is 2.33. The van der Waals surface area contributed by atoms with Crippen molar-refractivity contribution in [3.05, 3.63) is 64.2 Å². The molecule has 0 fully saturated rings. The first-order valence-corrected chi connectivity index (χ1v) is 6.43. The van der Waals surface area contributed by atoms with Crippen molar-refractivity contribution in [3.63, 3.8) is 0 Å². The van der Waals surface area contributed by atoms with Gasteiger partial charge in [-0.2, -0.15) is 0 Å². The summed E-state index contributed by atoms with van der Waals surface area (Å²) in [6.07, 6.45) is 1.02. The summed E-state index contributed by atoms with van der Waals surface area (Å²) in [6, 6.07) is 13.2. The van der Waals surface area contributed by atoms with Crippen molar-refractivity contribution < 1.29 is 0 Å². The molecule has 0 aromatic heterocycles. The Hall–Kier alpha value is -1.76. The molecule has 1 nitrogen and oxygen atoms in total. The van der Waals surface area contributed by atoms with Crippen LogP contribution in [0.5, 0.6) is 0 Å². The van der Waals surface area contributed by atoms with E-state index in [0.717, 1.165) is 6.42 Å². The molecule has 0 heterocycles. The van der Waals surface area contributed by atoms with E-state index in [4.69, 9.17) is 0 Å². The highest BCUT2D eigenvalue weighted by Gasteiger charge is 2.06. The molecule has 0 aliphatic heterocycles. The Morgan fingerprint density at radius 2 is 1.61 bits per heavy atom. The molecular formula is C17H21N. The fourth-order valence-corrected chi connectivity index (χ4v) is 2.44. The number of nitrogens with one attached hydrogen (secondary N) is 1. The van der Waals surface area contributed by atoms with E-state index in [9.17, 15) is 0 Å². The van der Waals surface area contributed by atoms with Gasteiger partial charge in [0.2, 0.25) is 0 Å². The predicted octanol–water partition coefficient (Wildman–Crippen LogP) is 4.24. The molecule has 0 atom stereocenters. The third-order valence-corrected chi connectivity index (χ3v) is 3.45. The Morgan fingerprint density at radius 3 is 2.17 bits per heavy atom. The molecule has 2 aromatic rings. The van der Waals surface area contributed by atoms with Crippen LogP contribution >= 0.6 is 0 Å². The van der Waals surface area contributed by atoms with Crippen LogP contribution in [0.25, 0.3) is 0 Å². The Kier molecular flexibility index (Phi) is 3.71. The number of hydrogen-bond acceptors (Lipinski definition) is 1. The zero-order chi connectivity index (χ0) is 13.1. The highest BCUT2D eigenvalue weighted by Crippen LogP contribution is 2.22. The Bertz CT molecular complexity index is 532. The van der Waals surface area contributed by atoms with Gasteiger partial charge >= 0.3 is 0 Å². The number of hydrogen-bond donors (Lipinski definition) is 1. The molecule has 0 unspecified atom stereocenters. The van der Waals surface area contributed by atoms with Crippen molar-refractivity contribution >= 4 is 5.69 Å². The van der Waals surface area contributed by atoms with Crippen LogP contribution in [0.1, 0.15) is 27.8 Å². The second-order valence-corrected chi connectivity index (χ2v) is 5.00. The molecular weight excluding hydrogens is 218 g/mol. The lowest BCUT2D eigenvalue weighted by Crippen LogP contribution is -1.98. The molecule has 2 rings (SSSR count). The van der Waals surface area contributed by atoms with E-state index < -0.39 is 0 Å². The monoisotopic (exact) mass is 239 g/mol. The van der Waals surface area contributed by atoms with Crippen LogP contribution in [0.3, 0.4) is 0 Å². The van der Waals surface area contributed by atoms with Crippen LogP contribution in [-0.4, -0.2) is 7.05 Å². The molecule has 94 valence electrons. The van der Waals surface area contributed by atoms with Gasteiger partial charge in [0.1, 0.15) is 0 Å². The SMILES string of the molecule is CNc1cc(C)c(Cc2cccc(C)c2)c(C)c1. The summed E-state index contributed by atoms with van der Waals surface area (Å²) in [5, 5.41) is 3.21. The van der Waals surface area contributed by atoms with Crippen LogP contribution in [0, 0.1) is 20.8 Å². The average molecular weight is 239 g/mol. The summed E-state index contributed by atoms with van der Waals surface area (Å²) in [4.78, 5) is 0. The van der Waals surface area contributed by atoms with Crippen LogP contribution in [0.15, 0.2) is 36.4 Å². The van der Waals surface area contributed by atoms with E-state index in [1.807, 2.05) is 7.05 Å². The van der Waals surface area contributed by atoms with E-state index in [-0.39, 0.29) is 0 Å². The van der Waals surface area contributed by atoms with Crippen molar-refractivity contribution in [2.24, 2.45) is 0 Å². The van der Waals surface area contributed by atoms with E-state index >= 15 is 0 Å². The molecule has 2 aromatic carbocycles. The van der Waals surface area contributed by atoms with Gasteiger partial charge in [-0.1, -0.05) is 29.8 Å². The largest absolute Gasteiger partial charge is 0.388 e. The minimum atomic E-state index is 1.02.